The molecule has 0 aromatic heterocycles. The summed E-state index contributed by atoms with van der Waals surface area (Å²) < 4.78 is 5.69. The predicted octanol–water partition coefficient (Wildman–Crippen LogP) is 5.28. The average Bonchev–Trinajstić information content (AvgIpc) is 2.80. The molecule has 7 heteroatoms. The first-order valence-electron chi connectivity index (χ1n) is 10.2. The molecule has 0 radical (unpaired) electrons. The first kappa shape index (κ1) is 23.6. The first-order chi connectivity index (χ1) is 15.5. The monoisotopic (exact) mass is 470 g/mol. The Labute approximate surface area is 197 Å². The molecule has 1 atom stereocenters. The van der Waals surface area contributed by atoms with E-state index in [4.69, 9.17) is 27.9 Å². The number of carbonyl (C=O) groups is 2. The van der Waals surface area contributed by atoms with Gasteiger partial charge in [0, 0.05) is 18.1 Å². The Balaban J connectivity index is 1.93. The third-order valence-corrected chi connectivity index (χ3v) is 5.36. The third-order valence-electron chi connectivity index (χ3n) is 4.80. The molecule has 166 valence electrons. The van der Waals surface area contributed by atoms with Crippen LogP contribution in [0, 0.1) is 0 Å². The number of nitrogens with zero attached hydrogens (tertiary/aromatic N) is 1. The Kier molecular flexibility index (Phi) is 8.54. The molecule has 0 saturated heterocycles. The lowest BCUT2D eigenvalue weighted by molar-refractivity contribution is -0.143. The summed E-state index contributed by atoms with van der Waals surface area (Å²) in [6.45, 7) is 2.23. The van der Waals surface area contributed by atoms with Crippen molar-refractivity contribution < 1.29 is 14.3 Å². The van der Waals surface area contributed by atoms with Crippen molar-refractivity contribution in [2.24, 2.45) is 0 Å². The van der Waals surface area contributed by atoms with E-state index in [1.165, 1.54) is 4.90 Å². The molecule has 0 spiro atoms. The van der Waals surface area contributed by atoms with Gasteiger partial charge in [-0.05, 0) is 42.3 Å². The molecule has 0 bridgehead atoms. The summed E-state index contributed by atoms with van der Waals surface area (Å²) in [4.78, 5) is 28.0. The molecule has 5 nitrogen and oxygen atoms in total. The van der Waals surface area contributed by atoms with Crippen LogP contribution in [0.4, 0.5) is 0 Å². The average molecular weight is 471 g/mol. The number of para-hydroxylation sites is 1. The van der Waals surface area contributed by atoms with Crippen LogP contribution in [0.25, 0.3) is 0 Å². The second-order valence-electron chi connectivity index (χ2n) is 7.08. The van der Waals surface area contributed by atoms with Gasteiger partial charge in [0.05, 0.1) is 5.02 Å². The fourth-order valence-corrected chi connectivity index (χ4v) is 3.59. The van der Waals surface area contributed by atoms with Gasteiger partial charge in [0.1, 0.15) is 11.8 Å². The molecule has 3 rings (SSSR count). The first-order valence-corrected chi connectivity index (χ1v) is 11.0. The van der Waals surface area contributed by atoms with E-state index >= 15 is 0 Å². The zero-order chi connectivity index (χ0) is 22.9. The van der Waals surface area contributed by atoms with E-state index in [1.54, 1.807) is 36.4 Å². The zero-order valence-corrected chi connectivity index (χ0v) is 19.1. The van der Waals surface area contributed by atoms with Gasteiger partial charge < -0.3 is 15.0 Å². The molecule has 0 aliphatic heterocycles. The van der Waals surface area contributed by atoms with Crippen LogP contribution < -0.4 is 10.1 Å². The Bertz CT molecular complexity index is 1040. The number of amides is 2. The van der Waals surface area contributed by atoms with Gasteiger partial charge >= 0.3 is 0 Å². The molecule has 3 aromatic rings. The van der Waals surface area contributed by atoms with Gasteiger partial charge in [-0.15, -0.1) is 0 Å². The predicted molar refractivity (Wildman–Crippen MR) is 127 cm³/mol. The van der Waals surface area contributed by atoms with Crippen LogP contribution in [0.5, 0.6) is 5.75 Å². The summed E-state index contributed by atoms with van der Waals surface area (Å²) in [7, 11) is 0. The molecule has 0 saturated carbocycles. The van der Waals surface area contributed by atoms with Crippen molar-refractivity contribution in [2.45, 2.75) is 19.5 Å². The van der Waals surface area contributed by atoms with E-state index in [1.807, 2.05) is 49.4 Å². The molecular formula is C25H24Cl2N2O3. The van der Waals surface area contributed by atoms with Crippen molar-refractivity contribution in [3.05, 3.63) is 100 Å². The Hall–Kier alpha value is -3.02. The molecule has 0 aliphatic carbocycles. The second-order valence-corrected chi connectivity index (χ2v) is 7.92. The number of benzene rings is 3. The summed E-state index contributed by atoms with van der Waals surface area (Å²) in [5.41, 5.74) is 1.55. The highest BCUT2D eigenvalue weighted by Gasteiger charge is 2.31. The minimum Gasteiger partial charge on any atom is -0.482 e. The van der Waals surface area contributed by atoms with Crippen LogP contribution in [0.1, 0.15) is 24.1 Å². The lowest BCUT2D eigenvalue weighted by Crippen LogP contribution is -2.45. The molecule has 3 aromatic carbocycles. The van der Waals surface area contributed by atoms with E-state index in [0.717, 1.165) is 5.56 Å². The van der Waals surface area contributed by atoms with Gasteiger partial charge in [-0.25, -0.2) is 0 Å². The topological polar surface area (TPSA) is 58.6 Å². The van der Waals surface area contributed by atoms with Crippen molar-refractivity contribution in [3.8, 4) is 5.75 Å². The molecular weight excluding hydrogens is 447 g/mol. The van der Waals surface area contributed by atoms with Gasteiger partial charge in [0.15, 0.2) is 6.61 Å². The number of hydrogen-bond donors (Lipinski definition) is 1. The Morgan fingerprint density at radius 2 is 1.59 bits per heavy atom. The lowest BCUT2D eigenvalue weighted by Gasteiger charge is -2.31. The molecule has 0 unspecified atom stereocenters. The quantitative estimate of drug-likeness (QED) is 0.462. The molecule has 0 fully saturated rings. The number of nitrogens with one attached hydrogen (secondary N) is 1. The van der Waals surface area contributed by atoms with Crippen molar-refractivity contribution >= 4 is 35.0 Å². The summed E-state index contributed by atoms with van der Waals surface area (Å²) in [5, 5.41) is 3.85. The maximum Gasteiger partial charge on any atom is 0.261 e. The number of carbonyl (C=O) groups excluding carboxylic acids is 2. The second kappa shape index (κ2) is 11.6. The van der Waals surface area contributed by atoms with Gasteiger partial charge in [-0.2, -0.15) is 0 Å². The zero-order valence-electron chi connectivity index (χ0n) is 17.6. The Morgan fingerprint density at radius 3 is 2.25 bits per heavy atom. The van der Waals surface area contributed by atoms with Crippen LogP contribution in [-0.2, 0) is 16.1 Å². The summed E-state index contributed by atoms with van der Waals surface area (Å²) in [6, 6.07) is 22.5. The minimum atomic E-state index is -0.825. The normalized spacial score (nSPS) is 11.5. The van der Waals surface area contributed by atoms with Crippen molar-refractivity contribution in [1.82, 2.24) is 10.2 Å². The highest BCUT2D eigenvalue weighted by molar-refractivity contribution is 6.32. The van der Waals surface area contributed by atoms with E-state index in [0.29, 0.717) is 27.9 Å². The molecule has 1 N–H and O–H groups in total. The van der Waals surface area contributed by atoms with E-state index in [9.17, 15) is 9.59 Å². The maximum atomic E-state index is 13.4. The van der Waals surface area contributed by atoms with Crippen LogP contribution in [0.15, 0.2) is 78.9 Å². The number of rotatable bonds is 9. The van der Waals surface area contributed by atoms with Crippen LogP contribution in [-0.4, -0.2) is 29.9 Å². The number of likely N-dealkylation sites (N-methyl/N-ethyl adjacent to an activating group) is 1. The fourth-order valence-electron chi connectivity index (χ4n) is 3.27. The summed E-state index contributed by atoms with van der Waals surface area (Å²) in [5.74, 6) is -0.207. The third kappa shape index (κ3) is 6.25. The van der Waals surface area contributed by atoms with Crippen molar-refractivity contribution in [1.29, 1.82) is 0 Å². The highest BCUT2D eigenvalue weighted by Crippen LogP contribution is 2.26. The number of halogens is 2. The summed E-state index contributed by atoms with van der Waals surface area (Å²) in [6.07, 6.45) is 0. The lowest BCUT2D eigenvalue weighted by atomic mass is 10.0. The Morgan fingerprint density at radius 1 is 0.938 bits per heavy atom. The standard InChI is InChI=1S/C25H24Cl2N2O3/c1-2-28-25(31)24(19-8-4-3-5-9-19)29(16-18-12-14-20(26)15-13-18)23(30)17-32-22-11-7-6-10-21(22)27/h3-15,24H,2,16-17H2,1H3,(H,28,31)/t24-/m0/s1. The van der Waals surface area contributed by atoms with Gasteiger partial charge in [0.2, 0.25) is 5.91 Å². The minimum absolute atomic E-state index is 0.207. The van der Waals surface area contributed by atoms with Crippen molar-refractivity contribution in [2.75, 3.05) is 13.2 Å². The number of ether oxygens (including phenoxy) is 1. The van der Waals surface area contributed by atoms with Crippen LogP contribution >= 0.6 is 23.2 Å². The van der Waals surface area contributed by atoms with Gasteiger partial charge in [0.25, 0.3) is 5.91 Å². The SMILES string of the molecule is CCNC(=O)[C@H](c1ccccc1)N(Cc1ccc(Cl)cc1)C(=O)COc1ccccc1Cl. The number of hydrogen-bond acceptors (Lipinski definition) is 3. The van der Waals surface area contributed by atoms with Gasteiger partial charge in [-0.1, -0.05) is 77.8 Å². The fraction of sp³-hybridized carbons (Fsp3) is 0.200. The smallest absolute Gasteiger partial charge is 0.261 e. The molecule has 0 heterocycles. The largest absolute Gasteiger partial charge is 0.482 e. The summed E-state index contributed by atoms with van der Waals surface area (Å²) >= 11 is 12.2. The van der Waals surface area contributed by atoms with E-state index in [2.05, 4.69) is 5.32 Å². The molecule has 32 heavy (non-hydrogen) atoms. The van der Waals surface area contributed by atoms with E-state index < -0.39 is 6.04 Å². The van der Waals surface area contributed by atoms with Crippen LogP contribution in [0.2, 0.25) is 10.0 Å². The van der Waals surface area contributed by atoms with E-state index in [-0.39, 0.29) is 25.0 Å². The van der Waals surface area contributed by atoms with Gasteiger partial charge in [-0.3, -0.25) is 9.59 Å². The molecule has 2 amide bonds. The van der Waals surface area contributed by atoms with Crippen LogP contribution in [0.3, 0.4) is 0 Å². The molecule has 0 aliphatic rings. The maximum absolute atomic E-state index is 13.4. The highest BCUT2D eigenvalue weighted by atomic mass is 35.5. The van der Waals surface area contributed by atoms with Crippen molar-refractivity contribution in [3.63, 3.8) is 0 Å².